The largest absolute Gasteiger partial charge is 0.459 e. The molecule has 14 nitrogen and oxygen atoms in total. The Hall–Kier alpha value is -2.41. The van der Waals surface area contributed by atoms with E-state index in [9.17, 15) is 45.0 Å². The first-order valence-electron chi connectivity index (χ1n) is 25.3. The third kappa shape index (κ3) is 9.78. The summed E-state index contributed by atoms with van der Waals surface area (Å²) in [6, 6.07) is -0.667. The van der Waals surface area contributed by atoms with Crippen molar-refractivity contribution in [2.24, 2.45) is 46.3 Å². The summed E-state index contributed by atoms with van der Waals surface area (Å²) in [7, 11) is 1.53. The van der Waals surface area contributed by atoms with E-state index in [4.69, 9.17) is 14.2 Å². The SMILES string of the molecule is CC[C@@H]1OC(=O)[C@@H](C)[C@@H](O)[C@@H](C)[C@H](O)[C@](C)(O)C[C@H](C)CN(CCCN(CC)CCC(=O)O[C@]2(C(C)OC)[C@H](C)CC3C4C[C@H](F)C5=CC(=O)C=C[C@]5(C)[C@@]4(F)[C@@H](O)C[C@@]32C)[C@@H](C)[C@H](O)[C@]1(C)O. The first kappa shape index (κ1) is 56.5. The molecule has 0 aromatic carbocycles. The van der Waals surface area contributed by atoms with Gasteiger partial charge >= 0.3 is 11.9 Å². The van der Waals surface area contributed by atoms with Gasteiger partial charge in [-0.1, -0.05) is 47.6 Å². The number of aliphatic hydroxyl groups excluding tert-OH is 4. The van der Waals surface area contributed by atoms with Crippen LogP contribution in [0.15, 0.2) is 23.8 Å². The number of alkyl halides is 2. The molecule has 16 heteroatoms. The van der Waals surface area contributed by atoms with Crippen molar-refractivity contribution >= 4 is 17.7 Å². The van der Waals surface area contributed by atoms with Gasteiger partial charge in [0.25, 0.3) is 0 Å². The predicted molar refractivity (Wildman–Crippen MR) is 252 cm³/mol. The van der Waals surface area contributed by atoms with Crippen LogP contribution < -0.4 is 0 Å². The molecule has 0 aromatic rings. The summed E-state index contributed by atoms with van der Waals surface area (Å²) in [5, 5.41) is 69.6. The monoisotopic (exact) mass is 969 g/mol. The van der Waals surface area contributed by atoms with Crippen molar-refractivity contribution in [3.8, 4) is 0 Å². The molecule has 3 unspecified atom stereocenters. The van der Waals surface area contributed by atoms with E-state index in [1.54, 1.807) is 27.7 Å². The molecule has 1 aliphatic heterocycles. The van der Waals surface area contributed by atoms with E-state index in [1.807, 2.05) is 39.5 Å². The lowest BCUT2D eigenvalue weighted by molar-refractivity contribution is -0.253. The fourth-order valence-corrected chi connectivity index (χ4v) is 14.2. The van der Waals surface area contributed by atoms with Gasteiger partial charge in [-0.3, -0.25) is 19.3 Å². The highest BCUT2D eigenvalue weighted by Crippen LogP contribution is 2.72. The number of hydrogen-bond acceptors (Lipinski definition) is 14. The molecular formula is C52H86F2N2O12. The first-order chi connectivity index (χ1) is 31.5. The van der Waals surface area contributed by atoms with Gasteiger partial charge in [0.2, 0.25) is 0 Å². The fraction of sp³-hybridized carbons (Fsp3) is 0.865. The quantitative estimate of drug-likeness (QED) is 0.144. The molecule has 390 valence electrons. The van der Waals surface area contributed by atoms with Gasteiger partial charge in [-0.2, -0.15) is 0 Å². The number of nitrogens with zero attached hydrogens (tertiary/aromatic N) is 2. The second-order valence-electron chi connectivity index (χ2n) is 22.7. The fourth-order valence-electron chi connectivity index (χ4n) is 14.2. The highest BCUT2D eigenvalue weighted by molar-refractivity contribution is 6.01. The van der Waals surface area contributed by atoms with Crippen LogP contribution in [0.1, 0.15) is 128 Å². The Morgan fingerprint density at radius 2 is 1.62 bits per heavy atom. The summed E-state index contributed by atoms with van der Waals surface area (Å²) in [6.45, 7) is 22.9. The third-order valence-electron chi connectivity index (χ3n) is 18.3. The number of ether oxygens (including phenoxy) is 3. The Morgan fingerprint density at radius 3 is 2.22 bits per heavy atom. The molecule has 4 aliphatic carbocycles. The molecule has 5 rings (SSSR count). The summed E-state index contributed by atoms with van der Waals surface area (Å²) < 4.78 is 52.5. The first-order valence-corrected chi connectivity index (χ1v) is 25.3. The topological polar surface area (TPSA) is 207 Å². The second kappa shape index (κ2) is 21.0. The number of cyclic esters (lactones) is 1. The van der Waals surface area contributed by atoms with Crippen LogP contribution in [0, 0.1) is 46.3 Å². The van der Waals surface area contributed by atoms with Gasteiger partial charge in [0.15, 0.2) is 11.5 Å². The number of hydrogen-bond donors (Lipinski definition) is 6. The Morgan fingerprint density at radius 1 is 0.971 bits per heavy atom. The van der Waals surface area contributed by atoms with E-state index < -0.39 is 124 Å². The van der Waals surface area contributed by atoms with E-state index in [0.29, 0.717) is 45.6 Å². The summed E-state index contributed by atoms with van der Waals surface area (Å²) in [5.74, 6) is -5.70. The highest BCUT2D eigenvalue weighted by atomic mass is 19.1. The molecule has 0 radical (unpaired) electrons. The number of carbonyl (C=O) groups excluding carboxylic acids is 3. The molecule has 4 fully saturated rings. The van der Waals surface area contributed by atoms with Crippen LogP contribution >= 0.6 is 0 Å². The van der Waals surface area contributed by atoms with Gasteiger partial charge < -0.3 is 49.7 Å². The van der Waals surface area contributed by atoms with Gasteiger partial charge in [0, 0.05) is 48.9 Å². The van der Waals surface area contributed by atoms with Crippen LogP contribution in [-0.2, 0) is 28.6 Å². The minimum Gasteiger partial charge on any atom is -0.459 e. The standard InChI is InChI=1S/C52H86F2N2O12/c1-14-41-50(12,65)45(62)33(7)56(28-29(3)26-49(11,64)44(61)31(5)43(60)32(6)46(63)67-41)21-16-20-55(15-2)22-18-42(59)68-52(34(8)66-13)30(4)23-36-37-25-39(53)38-24-35(57)17-19-47(38,9)51(37,54)40(58)27-48(36,52)10/h17,19,24,29-34,36-37,39-41,43-45,58,60-62,64-65H,14-16,18,20-23,25-28H2,1-13H3/t29-,30+,31+,32-,33-,34?,36?,37?,39-,40-,41-,43-,44-,45-,47-,48-,49+,50+,51-,52-/m0/s1. The van der Waals surface area contributed by atoms with Crippen molar-refractivity contribution in [2.75, 3.05) is 39.8 Å². The van der Waals surface area contributed by atoms with Gasteiger partial charge in [-0.15, -0.1) is 0 Å². The van der Waals surface area contributed by atoms with Crippen molar-refractivity contribution in [1.29, 1.82) is 0 Å². The predicted octanol–water partition coefficient (Wildman–Crippen LogP) is 4.88. The molecule has 5 aliphatic rings. The number of esters is 2. The average Bonchev–Trinajstić information content (AvgIpc) is 3.49. The minimum absolute atomic E-state index is 0.00906. The maximum absolute atomic E-state index is 18.0. The normalized spacial score (nSPS) is 46.7. The number of carbonyl (C=O) groups is 3. The van der Waals surface area contributed by atoms with Gasteiger partial charge in [0.1, 0.15) is 29.6 Å². The van der Waals surface area contributed by atoms with Gasteiger partial charge in [-0.25, -0.2) is 8.78 Å². The number of ketones is 1. The number of rotatable bonds is 12. The smallest absolute Gasteiger partial charge is 0.311 e. The van der Waals surface area contributed by atoms with E-state index in [-0.39, 0.29) is 49.5 Å². The van der Waals surface area contributed by atoms with Crippen molar-refractivity contribution in [1.82, 2.24) is 9.80 Å². The molecule has 0 amide bonds. The van der Waals surface area contributed by atoms with Gasteiger partial charge in [-0.05, 0) is 135 Å². The Kier molecular flexibility index (Phi) is 17.4. The molecule has 1 heterocycles. The average molecular weight is 969 g/mol. The lowest BCUT2D eigenvalue weighted by Crippen LogP contribution is -2.71. The van der Waals surface area contributed by atoms with Crippen molar-refractivity contribution in [3.63, 3.8) is 0 Å². The summed E-state index contributed by atoms with van der Waals surface area (Å²) in [4.78, 5) is 44.0. The van der Waals surface area contributed by atoms with E-state index in [0.717, 1.165) is 0 Å². The molecule has 6 N–H and O–H groups in total. The Balaban J connectivity index is 1.32. The second-order valence-corrected chi connectivity index (χ2v) is 22.7. The lowest BCUT2D eigenvalue weighted by Gasteiger charge is -2.64. The number of halogens is 2. The van der Waals surface area contributed by atoms with E-state index in [1.165, 1.54) is 46.1 Å². The number of allylic oxidation sites excluding steroid dienone is 4. The van der Waals surface area contributed by atoms with Crippen LogP contribution in [0.4, 0.5) is 8.78 Å². The number of aliphatic hydroxyl groups is 6. The Labute approximate surface area is 403 Å². The molecule has 20 atom stereocenters. The van der Waals surface area contributed by atoms with Crippen LogP contribution in [-0.4, -0.2) is 169 Å². The molecule has 68 heavy (non-hydrogen) atoms. The zero-order valence-electron chi connectivity index (χ0n) is 43.1. The molecule has 0 bridgehead atoms. The maximum atomic E-state index is 18.0. The summed E-state index contributed by atoms with van der Waals surface area (Å²) in [5.41, 5.74) is -9.58. The van der Waals surface area contributed by atoms with Crippen molar-refractivity contribution < 1.29 is 68.0 Å². The number of methoxy groups -OCH3 is 1. The molecule has 0 aromatic heterocycles. The van der Waals surface area contributed by atoms with E-state index in [2.05, 4.69) is 4.90 Å². The highest BCUT2D eigenvalue weighted by Gasteiger charge is 2.77. The Bertz CT molecular complexity index is 1870. The van der Waals surface area contributed by atoms with Crippen LogP contribution in [0.2, 0.25) is 0 Å². The molecular weight excluding hydrogens is 883 g/mol. The maximum Gasteiger partial charge on any atom is 0.311 e. The zero-order valence-corrected chi connectivity index (χ0v) is 43.1. The summed E-state index contributed by atoms with van der Waals surface area (Å²) in [6.07, 6.45) is -4.21. The van der Waals surface area contributed by atoms with Crippen molar-refractivity contribution in [3.05, 3.63) is 23.8 Å². The zero-order chi connectivity index (χ0) is 51.3. The summed E-state index contributed by atoms with van der Waals surface area (Å²) >= 11 is 0. The van der Waals surface area contributed by atoms with Crippen LogP contribution in [0.3, 0.4) is 0 Å². The number of fused-ring (bicyclic) bond motifs is 5. The molecule has 1 saturated heterocycles. The van der Waals surface area contributed by atoms with E-state index >= 15 is 8.78 Å². The minimum atomic E-state index is -2.27. The molecule has 3 saturated carbocycles. The van der Waals surface area contributed by atoms with Crippen LogP contribution in [0.5, 0.6) is 0 Å². The van der Waals surface area contributed by atoms with Crippen molar-refractivity contribution in [2.45, 2.75) is 199 Å². The third-order valence-corrected chi connectivity index (χ3v) is 18.3. The molecule has 0 spiro atoms. The van der Waals surface area contributed by atoms with Gasteiger partial charge in [0.05, 0.1) is 42.4 Å². The van der Waals surface area contributed by atoms with Crippen LogP contribution in [0.25, 0.3) is 0 Å². The lowest BCUT2D eigenvalue weighted by atomic mass is 9.44.